The van der Waals surface area contributed by atoms with Crippen LogP contribution in [-0.4, -0.2) is 10.9 Å². The Hall–Kier alpha value is -1.68. The molecule has 2 rings (SSSR count). The molecule has 0 bridgehead atoms. The van der Waals surface area contributed by atoms with Crippen molar-refractivity contribution in [1.29, 1.82) is 0 Å². The highest BCUT2D eigenvalue weighted by Crippen LogP contribution is 2.33. The van der Waals surface area contributed by atoms with Crippen molar-refractivity contribution >= 4 is 17.4 Å². The SMILES string of the molecule is NC1=C(O)C(=O)C(c2ccccc2Cl)O1. The Morgan fingerprint density at radius 3 is 2.60 bits per heavy atom. The number of benzene rings is 1. The van der Waals surface area contributed by atoms with Crippen molar-refractivity contribution in [3.63, 3.8) is 0 Å². The van der Waals surface area contributed by atoms with E-state index in [1.165, 1.54) is 0 Å². The lowest BCUT2D eigenvalue weighted by Crippen LogP contribution is -2.10. The summed E-state index contributed by atoms with van der Waals surface area (Å²) in [5.41, 5.74) is 5.79. The fraction of sp³-hybridized carbons (Fsp3) is 0.100. The van der Waals surface area contributed by atoms with E-state index in [9.17, 15) is 9.90 Å². The molecule has 0 aliphatic carbocycles. The highest BCUT2D eigenvalue weighted by molar-refractivity contribution is 6.31. The Kier molecular flexibility index (Phi) is 2.28. The maximum atomic E-state index is 11.5. The molecular formula is C10H8ClNO3. The van der Waals surface area contributed by atoms with Gasteiger partial charge in [-0.05, 0) is 6.07 Å². The molecule has 1 aliphatic rings. The van der Waals surface area contributed by atoms with Crippen LogP contribution in [0.25, 0.3) is 0 Å². The number of carbonyl (C=O) groups is 1. The van der Waals surface area contributed by atoms with Crippen LogP contribution in [0.4, 0.5) is 0 Å². The molecule has 1 unspecified atom stereocenters. The summed E-state index contributed by atoms with van der Waals surface area (Å²) in [5, 5.41) is 9.63. The Morgan fingerprint density at radius 2 is 2.07 bits per heavy atom. The first-order chi connectivity index (χ1) is 7.11. The van der Waals surface area contributed by atoms with Crippen LogP contribution in [0.15, 0.2) is 35.9 Å². The molecule has 0 fully saturated rings. The van der Waals surface area contributed by atoms with E-state index < -0.39 is 17.6 Å². The molecule has 0 radical (unpaired) electrons. The lowest BCUT2D eigenvalue weighted by atomic mass is 10.1. The Balaban J connectivity index is 2.37. The molecule has 4 nitrogen and oxygen atoms in total. The molecule has 1 aromatic rings. The standard InChI is InChI=1S/C10H8ClNO3/c11-6-4-2-1-3-5(6)9-7(13)8(14)10(12)15-9/h1-4,9,14H,12H2. The number of ketones is 1. The maximum absolute atomic E-state index is 11.5. The number of hydrogen-bond acceptors (Lipinski definition) is 4. The molecule has 1 aliphatic heterocycles. The van der Waals surface area contributed by atoms with Crippen LogP contribution in [-0.2, 0) is 9.53 Å². The minimum absolute atomic E-state index is 0.259. The van der Waals surface area contributed by atoms with Crippen molar-refractivity contribution in [3.8, 4) is 0 Å². The third-order valence-corrected chi connectivity index (χ3v) is 2.48. The minimum atomic E-state index is -0.932. The van der Waals surface area contributed by atoms with Crippen LogP contribution in [0.5, 0.6) is 0 Å². The fourth-order valence-corrected chi connectivity index (χ4v) is 1.61. The molecule has 1 aromatic carbocycles. The van der Waals surface area contributed by atoms with Gasteiger partial charge >= 0.3 is 0 Å². The van der Waals surface area contributed by atoms with Gasteiger partial charge in [0.2, 0.25) is 17.4 Å². The first kappa shape index (κ1) is 9.86. The normalized spacial score (nSPS) is 20.6. The summed E-state index contributed by atoms with van der Waals surface area (Å²) in [6, 6.07) is 6.75. The average Bonchev–Trinajstić information content (AvgIpc) is 2.47. The number of hydrogen-bond donors (Lipinski definition) is 2. The summed E-state index contributed by atoms with van der Waals surface area (Å²) in [6.07, 6.45) is -0.932. The molecule has 3 N–H and O–H groups in total. The molecular weight excluding hydrogens is 218 g/mol. The van der Waals surface area contributed by atoms with Crippen molar-refractivity contribution < 1.29 is 14.6 Å². The predicted molar refractivity (Wildman–Crippen MR) is 54.1 cm³/mol. The van der Waals surface area contributed by atoms with Gasteiger partial charge in [0.15, 0.2) is 6.10 Å². The zero-order chi connectivity index (χ0) is 11.0. The maximum Gasteiger partial charge on any atom is 0.247 e. The van der Waals surface area contributed by atoms with Gasteiger partial charge in [-0.2, -0.15) is 0 Å². The van der Waals surface area contributed by atoms with Gasteiger partial charge in [-0.25, -0.2) is 0 Å². The summed E-state index contributed by atoms with van der Waals surface area (Å²) in [5.74, 6) is -1.37. The van der Waals surface area contributed by atoms with Gasteiger partial charge in [-0.1, -0.05) is 29.8 Å². The van der Waals surface area contributed by atoms with Crippen LogP contribution in [0.1, 0.15) is 11.7 Å². The molecule has 0 aromatic heterocycles. The third-order valence-electron chi connectivity index (χ3n) is 2.14. The van der Waals surface area contributed by atoms with Gasteiger partial charge < -0.3 is 15.6 Å². The topological polar surface area (TPSA) is 72.5 Å². The van der Waals surface area contributed by atoms with Crippen LogP contribution in [0, 0.1) is 0 Å². The van der Waals surface area contributed by atoms with Crippen molar-refractivity contribution in [3.05, 3.63) is 46.5 Å². The average molecular weight is 226 g/mol. The zero-order valence-electron chi connectivity index (χ0n) is 7.61. The predicted octanol–water partition coefficient (Wildman–Crippen LogP) is 1.67. The first-order valence-electron chi connectivity index (χ1n) is 4.25. The number of carbonyl (C=O) groups excluding carboxylic acids is 1. The fourth-order valence-electron chi connectivity index (χ4n) is 1.37. The molecule has 0 saturated heterocycles. The zero-order valence-corrected chi connectivity index (χ0v) is 8.36. The van der Waals surface area contributed by atoms with Gasteiger partial charge in [0.1, 0.15) is 0 Å². The first-order valence-corrected chi connectivity index (χ1v) is 4.63. The van der Waals surface area contributed by atoms with Crippen LogP contribution >= 0.6 is 11.6 Å². The molecule has 0 saturated carbocycles. The van der Waals surface area contributed by atoms with Gasteiger partial charge in [-0.15, -0.1) is 0 Å². The molecule has 1 atom stereocenters. The number of halogens is 1. The second kappa shape index (κ2) is 3.47. The number of aliphatic hydroxyl groups excluding tert-OH is 1. The van der Waals surface area contributed by atoms with Crippen LogP contribution in [0.3, 0.4) is 0 Å². The van der Waals surface area contributed by atoms with E-state index in [2.05, 4.69) is 0 Å². The summed E-state index contributed by atoms with van der Waals surface area (Å²) in [7, 11) is 0. The molecule has 15 heavy (non-hydrogen) atoms. The lowest BCUT2D eigenvalue weighted by molar-refractivity contribution is -0.123. The molecule has 5 heteroatoms. The van der Waals surface area contributed by atoms with Crippen LogP contribution < -0.4 is 5.73 Å². The molecule has 0 amide bonds. The lowest BCUT2D eigenvalue weighted by Gasteiger charge is -2.10. The van der Waals surface area contributed by atoms with Crippen molar-refractivity contribution in [2.45, 2.75) is 6.10 Å². The highest BCUT2D eigenvalue weighted by Gasteiger charge is 2.36. The summed E-state index contributed by atoms with van der Waals surface area (Å²) < 4.78 is 5.03. The van der Waals surface area contributed by atoms with Crippen molar-refractivity contribution in [1.82, 2.24) is 0 Å². The van der Waals surface area contributed by atoms with Crippen molar-refractivity contribution in [2.75, 3.05) is 0 Å². The number of ether oxygens (including phenoxy) is 1. The van der Waals surface area contributed by atoms with E-state index >= 15 is 0 Å². The highest BCUT2D eigenvalue weighted by atomic mass is 35.5. The van der Waals surface area contributed by atoms with E-state index in [1.54, 1.807) is 24.3 Å². The summed E-state index contributed by atoms with van der Waals surface area (Å²) >= 11 is 5.89. The van der Waals surface area contributed by atoms with Crippen LogP contribution in [0.2, 0.25) is 5.02 Å². The van der Waals surface area contributed by atoms with E-state index in [1.807, 2.05) is 0 Å². The van der Waals surface area contributed by atoms with Gasteiger partial charge in [0.25, 0.3) is 0 Å². The van der Waals surface area contributed by atoms with E-state index in [-0.39, 0.29) is 5.88 Å². The summed E-state index contributed by atoms with van der Waals surface area (Å²) in [4.78, 5) is 11.5. The van der Waals surface area contributed by atoms with E-state index in [0.29, 0.717) is 10.6 Å². The smallest absolute Gasteiger partial charge is 0.247 e. The number of rotatable bonds is 1. The van der Waals surface area contributed by atoms with E-state index in [4.69, 9.17) is 22.1 Å². The van der Waals surface area contributed by atoms with Gasteiger partial charge in [0.05, 0.1) is 0 Å². The second-order valence-electron chi connectivity index (χ2n) is 3.10. The second-order valence-corrected chi connectivity index (χ2v) is 3.50. The molecule has 78 valence electrons. The Labute approximate surface area is 90.9 Å². The Morgan fingerprint density at radius 1 is 1.40 bits per heavy atom. The number of Topliss-reactive ketones (excluding diaryl/α,β-unsaturated/α-hetero) is 1. The van der Waals surface area contributed by atoms with Crippen molar-refractivity contribution in [2.24, 2.45) is 5.73 Å². The monoisotopic (exact) mass is 225 g/mol. The number of nitrogens with two attached hydrogens (primary N) is 1. The van der Waals surface area contributed by atoms with Gasteiger partial charge in [0, 0.05) is 10.6 Å². The molecule has 1 heterocycles. The minimum Gasteiger partial charge on any atom is -0.501 e. The quantitative estimate of drug-likeness (QED) is 0.763. The van der Waals surface area contributed by atoms with Gasteiger partial charge in [-0.3, -0.25) is 4.79 Å². The third kappa shape index (κ3) is 1.53. The molecule has 0 spiro atoms. The summed E-state index contributed by atoms with van der Waals surface area (Å²) in [6.45, 7) is 0. The largest absolute Gasteiger partial charge is 0.501 e. The Bertz CT molecular complexity index is 456. The number of aliphatic hydroxyl groups is 1. The van der Waals surface area contributed by atoms with E-state index in [0.717, 1.165) is 0 Å².